The average Bonchev–Trinajstić information content (AvgIpc) is 2.78. The van der Waals surface area contributed by atoms with Crippen LogP contribution in [-0.2, 0) is 16.6 Å². The molecule has 3 N–H and O–H groups in total. The van der Waals surface area contributed by atoms with E-state index in [4.69, 9.17) is 0 Å². The molecule has 0 saturated carbocycles. The molecule has 8 heteroatoms. The van der Waals surface area contributed by atoms with Gasteiger partial charge in [0.15, 0.2) is 5.03 Å². The molecule has 0 bridgehead atoms. The third-order valence-electron chi connectivity index (χ3n) is 2.95. The number of hydrogen-bond donors (Lipinski definition) is 3. The Morgan fingerprint density at radius 2 is 2.10 bits per heavy atom. The van der Waals surface area contributed by atoms with Crippen LogP contribution in [0, 0.1) is 6.92 Å². The molecule has 0 aromatic carbocycles. The van der Waals surface area contributed by atoms with Crippen molar-refractivity contribution in [1.29, 1.82) is 0 Å². The van der Waals surface area contributed by atoms with Crippen LogP contribution in [-0.4, -0.2) is 42.7 Å². The van der Waals surface area contributed by atoms with Crippen molar-refractivity contribution < 1.29 is 8.42 Å². The predicted molar refractivity (Wildman–Crippen MR) is 88.1 cm³/mol. The Kier molecular flexibility index (Phi) is 7.72. The van der Waals surface area contributed by atoms with E-state index in [-0.39, 0.29) is 11.1 Å². The molecule has 1 atom stereocenters. The highest BCUT2D eigenvalue weighted by atomic mass is 32.2. The Labute approximate surface area is 131 Å². The number of aryl methyl sites for hydroxylation is 1. The van der Waals surface area contributed by atoms with Crippen LogP contribution in [0.4, 0.5) is 0 Å². The van der Waals surface area contributed by atoms with Gasteiger partial charge in [0.2, 0.25) is 0 Å². The summed E-state index contributed by atoms with van der Waals surface area (Å²) in [6, 6.07) is -0.117. The molecule has 0 spiro atoms. The summed E-state index contributed by atoms with van der Waals surface area (Å²) in [6.07, 6.45) is 1.00. The molecule has 0 aliphatic heterocycles. The zero-order valence-corrected chi connectivity index (χ0v) is 14.8. The standard InChI is InChI=1S/C13H26N4O2S2/c1-5-7-14-8-12-11(4)15-16-13(12)21(18,19)17-10(3)9-20-6-2/h10,14,17H,5-9H2,1-4H3,(H,15,16). The van der Waals surface area contributed by atoms with Gasteiger partial charge in [-0.1, -0.05) is 13.8 Å². The van der Waals surface area contributed by atoms with E-state index in [1.54, 1.807) is 11.8 Å². The van der Waals surface area contributed by atoms with Gasteiger partial charge in [0.25, 0.3) is 10.0 Å². The summed E-state index contributed by atoms with van der Waals surface area (Å²) in [5, 5.41) is 10.1. The lowest BCUT2D eigenvalue weighted by atomic mass is 10.2. The SMILES string of the molecule is CCCNCc1c(S(=O)(=O)NC(C)CSCC)n[nH]c1C. The van der Waals surface area contributed by atoms with Crippen LogP contribution in [0.1, 0.15) is 38.4 Å². The molecule has 0 radical (unpaired) electrons. The van der Waals surface area contributed by atoms with Crippen LogP contribution in [0.2, 0.25) is 0 Å². The molecule has 0 saturated heterocycles. The largest absolute Gasteiger partial charge is 0.313 e. The van der Waals surface area contributed by atoms with Gasteiger partial charge in [-0.25, -0.2) is 13.1 Å². The summed E-state index contributed by atoms with van der Waals surface area (Å²) in [7, 11) is -3.58. The number of hydrogen-bond acceptors (Lipinski definition) is 5. The first-order chi connectivity index (χ1) is 9.92. The summed E-state index contributed by atoms with van der Waals surface area (Å²) in [6.45, 7) is 9.19. The third-order valence-corrected chi connectivity index (χ3v) is 5.65. The van der Waals surface area contributed by atoms with Gasteiger partial charge < -0.3 is 5.32 Å². The van der Waals surface area contributed by atoms with Gasteiger partial charge in [0, 0.05) is 29.6 Å². The van der Waals surface area contributed by atoms with Crippen molar-refractivity contribution in [2.24, 2.45) is 0 Å². The maximum absolute atomic E-state index is 12.4. The topological polar surface area (TPSA) is 86.9 Å². The molecule has 6 nitrogen and oxygen atoms in total. The summed E-state index contributed by atoms with van der Waals surface area (Å²) >= 11 is 1.71. The Hall–Kier alpha value is -0.570. The van der Waals surface area contributed by atoms with Crippen molar-refractivity contribution in [2.75, 3.05) is 18.1 Å². The van der Waals surface area contributed by atoms with Crippen LogP contribution < -0.4 is 10.0 Å². The summed E-state index contributed by atoms with van der Waals surface area (Å²) < 4.78 is 27.6. The van der Waals surface area contributed by atoms with E-state index >= 15 is 0 Å². The van der Waals surface area contributed by atoms with Crippen molar-refractivity contribution in [2.45, 2.75) is 51.7 Å². The van der Waals surface area contributed by atoms with Gasteiger partial charge in [-0.3, -0.25) is 5.10 Å². The van der Waals surface area contributed by atoms with E-state index in [9.17, 15) is 8.42 Å². The maximum atomic E-state index is 12.4. The molecule has 1 unspecified atom stereocenters. The van der Waals surface area contributed by atoms with Gasteiger partial charge in [-0.05, 0) is 32.6 Å². The van der Waals surface area contributed by atoms with Gasteiger partial charge in [0.05, 0.1) is 0 Å². The molecule has 21 heavy (non-hydrogen) atoms. The minimum atomic E-state index is -3.58. The molecule has 0 fully saturated rings. The number of sulfonamides is 1. The zero-order chi connectivity index (χ0) is 15.9. The van der Waals surface area contributed by atoms with Gasteiger partial charge in [-0.2, -0.15) is 16.9 Å². The zero-order valence-electron chi connectivity index (χ0n) is 13.2. The van der Waals surface area contributed by atoms with Crippen molar-refractivity contribution in [3.8, 4) is 0 Å². The van der Waals surface area contributed by atoms with Crippen molar-refractivity contribution in [3.05, 3.63) is 11.3 Å². The molecule has 0 aliphatic carbocycles. The number of thioether (sulfide) groups is 1. The normalized spacial score (nSPS) is 13.5. The first kappa shape index (κ1) is 18.5. The highest BCUT2D eigenvalue weighted by Crippen LogP contribution is 2.17. The Balaban J connectivity index is 2.82. The number of H-pyrrole nitrogens is 1. The number of nitrogens with one attached hydrogen (secondary N) is 3. The van der Waals surface area contributed by atoms with E-state index in [0.717, 1.165) is 30.2 Å². The number of nitrogens with zero attached hydrogens (tertiary/aromatic N) is 1. The smallest absolute Gasteiger partial charge is 0.260 e. The molecule has 1 aromatic heterocycles. The second kappa shape index (κ2) is 8.77. The lowest BCUT2D eigenvalue weighted by molar-refractivity contribution is 0.563. The van der Waals surface area contributed by atoms with Crippen LogP contribution in [0.3, 0.4) is 0 Å². The first-order valence-electron chi connectivity index (χ1n) is 7.27. The summed E-state index contributed by atoms with van der Waals surface area (Å²) in [4.78, 5) is 0. The Morgan fingerprint density at radius 1 is 1.38 bits per heavy atom. The van der Waals surface area contributed by atoms with Crippen LogP contribution >= 0.6 is 11.8 Å². The molecular weight excluding hydrogens is 308 g/mol. The van der Waals surface area contributed by atoms with Gasteiger partial charge in [0.1, 0.15) is 0 Å². The monoisotopic (exact) mass is 334 g/mol. The van der Waals surface area contributed by atoms with Crippen LogP contribution in [0.15, 0.2) is 5.03 Å². The van der Waals surface area contributed by atoms with Crippen LogP contribution in [0.25, 0.3) is 0 Å². The molecule has 0 amide bonds. The lowest BCUT2D eigenvalue weighted by Gasteiger charge is -2.13. The number of aromatic amines is 1. The molecule has 1 heterocycles. The molecule has 1 aromatic rings. The van der Waals surface area contributed by atoms with E-state index in [1.807, 2.05) is 13.8 Å². The number of aromatic nitrogens is 2. The van der Waals surface area contributed by atoms with Gasteiger partial charge >= 0.3 is 0 Å². The van der Waals surface area contributed by atoms with E-state index < -0.39 is 10.0 Å². The van der Waals surface area contributed by atoms with Crippen LogP contribution in [0.5, 0.6) is 0 Å². The third kappa shape index (κ3) is 5.61. The summed E-state index contributed by atoms with van der Waals surface area (Å²) in [5.74, 6) is 1.72. The van der Waals surface area contributed by atoms with Gasteiger partial charge in [-0.15, -0.1) is 0 Å². The minimum absolute atomic E-state index is 0.108. The quantitative estimate of drug-likeness (QED) is 0.566. The maximum Gasteiger partial charge on any atom is 0.260 e. The first-order valence-corrected chi connectivity index (χ1v) is 9.90. The Bertz CT molecular complexity index is 528. The van der Waals surface area contributed by atoms with E-state index in [0.29, 0.717) is 12.1 Å². The Morgan fingerprint density at radius 3 is 2.71 bits per heavy atom. The molecule has 0 aliphatic rings. The summed E-state index contributed by atoms with van der Waals surface area (Å²) in [5.41, 5.74) is 1.50. The van der Waals surface area contributed by atoms with Crippen molar-refractivity contribution in [1.82, 2.24) is 20.2 Å². The molecule has 122 valence electrons. The molecule has 1 rings (SSSR count). The second-order valence-corrected chi connectivity index (χ2v) is 7.94. The lowest BCUT2D eigenvalue weighted by Crippen LogP contribution is -2.35. The number of rotatable bonds is 10. The average molecular weight is 335 g/mol. The minimum Gasteiger partial charge on any atom is -0.313 e. The second-order valence-electron chi connectivity index (χ2n) is 4.99. The fourth-order valence-electron chi connectivity index (χ4n) is 1.90. The molecular formula is C13H26N4O2S2. The van der Waals surface area contributed by atoms with Crippen molar-refractivity contribution >= 4 is 21.8 Å². The predicted octanol–water partition coefficient (Wildman–Crippen LogP) is 1.64. The van der Waals surface area contributed by atoms with E-state index in [1.165, 1.54) is 0 Å². The fourth-order valence-corrected chi connectivity index (χ4v) is 4.12. The van der Waals surface area contributed by atoms with Crippen molar-refractivity contribution in [3.63, 3.8) is 0 Å². The highest BCUT2D eigenvalue weighted by Gasteiger charge is 2.25. The van der Waals surface area contributed by atoms with E-state index in [2.05, 4.69) is 34.1 Å². The highest BCUT2D eigenvalue weighted by molar-refractivity contribution is 7.99. The fraction of sp³-hybridized carbons (Fsp3) is 0.769.